The molecule has 0 saturated heterocycles. The van der Waals surface area contributed by atoms with Gasteiger partial charge in [-0.2, -0.15) is 0 Å². The van der Waals surface area contributed by atoms with Crippen LogP contribution in [0.3, 0.4) is 0 Å². The van der Waals surface area contributed by atoms with Crippen LogP contribution >= 0.6 is 24.8 Å². The van der Waals surface area contributed by atoms with Crippen LogP contribution in [-0.2, 0) is 23.1 Å². The zero-order valence-electron chi connectivity index (χ0n) is 16.7. The summed E-state index contributed by atoms with van der Waals surface area (Å²) >= 11 is -0.397. The van der Waals surface area contributed by atoms with E-state index >= 15 is 0 Å². The predicted octanol–water partition coefficient (Wildman–Crippen LogP) is 7.24. The van der Waals surface area contributed by atoms with Crippen molar-refractivity contribution in [2.75, 3.05) is 3.80 Å². The molecule has 0 aliphatic heterocycles. The van der Waals surface area contributed by atoms with Crippen LogP contribution in [0, 0.1) is 5.92 Å². The van der Waals surface area contributed by atoms with E-state index in [0.717, 1.165) is 0 Å². The summed E-state index contributed by atoms with van der Waals surface area (Å²) in [5, 5.41) is 0. The van der Waals surface area contributed by atoms with Crippen molar-refractivity contribution in [1.82, 2.24) is 0 Å². The van der Waals surface area contributed by atoms with Gasteiger partial charge in [-0.3, -0.25) is 0 Å². The maximum Gasteiger partial charge on any atom is -0.147 e. The fourth-order valence-electron chi connectivity index (χ4n) is 3.66. The Hall–Kier alpha value is -0.986. The number of allylic oxidation sites excluding steroid dienone is 4. The minimum Gasteiger partial charge on any atom is -0.147 e. The fraction of sp³-hybridized carbons (Fsp3) is 0.304. The summed E-state index contributed by atoms with van der Waals surface area (Å²) < 4.78 is 3.89. The molecule has 0 aromatic heterocycles. The molecule has 0 saturated carbocycles. The molecule has 0 bridgehead atoms. The van der Waals surface area contributed by atoms with Crippen molar-refractivity contribution in [2.45, 2.75) is 38.3 Å². The van der Waals surface area contributed by atoms with E-state index in [2.05, 4.69) is 99.1 Å². The van der Waals surface area contributed by atoms with Gasteiger partial charge in [0.25, 0.3) is 0 Å². The molecular formula is C23H29Cl2NTi. The number of para-hydroxylation sites is 1. The Labute approximate surface area is 185 Å². The van der Waals surface area contributed by atoms with E-state index in [4.69, 9.17) is 0 Å². The van der Waals surface area contributed by atoms with Crippen LogP contribution in [0.1, 0.15) is 45.7 Å². The van der Waals surface area contributed by atoms with Crippen molar-refractivity contribution in [1.29, 1.82) is 0 Å². The minimum absolute atomic E-state index is 0. The van der Waals surface area contributed by atoms with Crippen molar-refractivity contribution in [3.8, 4) is 0 Å². The van der Waals surface area contributed by atoms with Crippen molar-refractivity contribution < 1.29 is 19.4 Å². The van der Waals surface area contributed by atoms with Gasteiger partial charge in [-0.1, -0.05) is 0 Å². The van der Waals surface area contributed by atoms with Crippen LogP contribution in [0.25, 0.3) is 5.57 Å². The Bertz CT molecular complexity index is 825. The van der Waals surface area contributed by atoms with Crippen LogP contribution < -0.4 is 3.80 Å². The molecule has 27 heavy (non-hydrogen) atoms. The second kappa shape index (κ2) is 9.98. The molecule has 1 aliphatic rings. The molecule has 2 aromatic rings. The third-order valence-electron chi connectivity index (χ3n) is 5.13. The molecule has 3 rings (SSSR count). The maximum absolute atomic E-state index is 3.73. The molecule has 1 aliphatic carbocycles. The van der Waals surface area contributed by atoms with Crippen molar-refractivity contribution in [2.24, 2.45) is 5.92 Å². The van der Waals surface area contributed by atoms with Crippen LogP contribution in [0.5, 0.6) is 0 Å². The number of hydrogen-bond acceptors (Lipinski definition) is 1. The predicted molar refractivity (Wildman–Crippen MR) is 120 cm³/mol. The van der Waals surface area contributed by atoms with Gasteiger partial charge in [-0.05, 0) is 0 Å². The molecule has 0 fully saturated rings. The minimum atomic E-state index is -0.397. The number of halogens is 2. The monoisotopic (exact) mass is 437 g/mol. The molecule has 144 valence electrons. The van der Waals surface area contributed by atoms with E-state index < -0.39 is 19.4 Å². The van der Waals surface area contributed by atoms with Crippen molar-refractivity contribution >= 4 is 36.1 Å². The van der Waals surface area contributed by atoms with Gasteiger partial charge in [0, 0.05) is 0 Å². The van der Waals surface area contributed by atoms with Gasteiger partial charge in [0.2, 0.25) is 0 Å². The van der Waals surface area contributed by atoms with E-state index in [0.29, 0.717) is 5.92 Å². The smallest absolute Gasteiger partial charge is 0.147 e. The van der Waals surface area contributed by atoms with E-state index in [-0.39, 0.29) is 28.5 Å². The average Bonchev–Trinajstić information content (AvgIpc) is 2.86. The van der Waals surface area contributed by atoms with Gasteiger partial charge in [0.1, 0.15) is 0 Å². The Morgan fingerprint density at radius 3 is 2.07 bits per heavy atom. The first-order valence-electron chi connectivity index (χ1n) is 8.98. The summed E-state index contributed by atoms with van der Waals surface area (Å²) in [7, 11) is 0. The number of rotatable bonds is 5. The third-order valence-corrected chi connectivity index (χ3v) is 7.18. The van der Waals surface area contributed by atoms with Gasteiger partial charge >= 0.3 is 162 Å². The zero-order valence-corrected chi connectivity index (χ0v) is 19.9. The largest absolute Gasteiger partial charge is 0.147 e. The van der Waals surface area contributed by atoms with E-state index in [1.807, 2.05) is 0 Å². The molecular weight excluding hydrogens is 409 g/mol. The van der Waals surface area contributed by atoms with Crippen LogP contribution in [0.2, 0.25) is 0 Å². The fourth-order valence-corrected chi connectivity index (χ4v) is 5.19. The first kappa shape index (κ1) is 24.1. The Balaban J connectivity index is 0.00000182. The van der Waals surface area contributed by atoms with Crippen LogP contribution in [-0.4, -0.2) is 0 Å². The van der Waals surface area contributed by atoms with Gasteiger partial charge < -0.3 is 0 Å². The normalized spacial score (nSPS) is 16.2. The molecule has 0 spiro atoms. The van der Waals surface area contributed by atoms with E-state index in [9.17, 15) is 0 Å². The standard InChI is InChI=1S/C17H21.C6H6N.2ClH.Ti/c1-11(2)15-8-6-7-9-16(15)17-13(4)10-12(3)14(17)5;7-6-4-2-1-3-5-6;;;/h6-10,13H,1-5H3;1-5,7H;2*1H;/q;-1;;;+1. The number of hydrogen-bond donors (Lipinski definition) is 1. The molecule has 1 N–H and O–H groups in total. The Morgan fingerprint density at radius 2 is 1.48 bits per heavy atom. The molecule has 0 amide bonds. The van der Waals surface area contributed by atoms with Gasteiger partial charge in [-0.15, -0.1) is 24.8 Å². The summed E-state index contributed by atoms with van der Waals surface area (Å²) in [5.74, 6) is 0.499. The summed E-state index contributed by atoms with van der Waals surface area (Å²) in [6.07, 6.45) is 2.40. The van der Waals surface area contributed by atoms with Crippen LogP contribution in [0.4, 0.5) is 5.69 Å². The van der Waals surface area contributed by atoms with Gasteiger partial charge in [0.05, 0.1) is 0 Å². The quantitative estimate of drug-likeness (QED) is 0.485. The van der Waals surface area contributed by atoms with Crippen LogP contribution in [0.15, 0.2) is 71.8 Å². The summed E-state index contributed by atoms with van der Waals surface area (Å²) in [6.45, 7) is 11.6. The molecule has 1 nitrogen and oxygen atoms in total. The maximum atomic E-state index is 3.73. The molecule has 4 heteroatoms. The number of benzene rings is 2. The average molecular weight is 438 g/mol. The first-order valence-corrected chi connectivity index (χ1v) is 10.5. The Morgan fingerprint density at radius 1 is 0.889 bits per heavy atom. The number of nitrogens with one attached hydrogen (secondary N) is 1. The van der Waals surface area contributed by atoms with E-state index in [1.54, 1.807) is 0 Å². The topological polar surface area (TPSA) is 12.0 Å². The molecule has 1 atom stereocenters. The number of anilines is 1. The van der Waals surface area contributed by atoms with Crippen molar-refractivity contribution in [3.63, 3.8) is 0 Å². The molecule has 0 radical (unpaired) electrons. The summed E-state index contributed by atoms with van der Waals surface area (Å²) in [4.78, 5) is 0. The SMILES string of the molecule is CC1=CC(C)C(c2ccccc2[C](C)(C)[Ti][NH]c2ccccc2)=C1C.Cl.Cl. The Kier molecular flexibility index (Phi) is 8.89. The molecule has 0 heterocycles. The summed E-state index contributed by atoms with van der Waals surface area (Å²) in [6, 6.07) is 19.6. The zero-order chi connectivity index (χ0) is 18.0. The van der Waals surface area contributed by atoms with E-state index in [1.165, 1.54) is 33.5 Å². The second-order valence-electron chi connectivity index (χ2n) is 7.46. The first-order chi connectivity index (χ1) is 11.9. The molecule has 1 unspecified atom stereocenters. The summed E-state index contributed by atoms with van der Waals surface area (Å²) in [5.41, 5.74) is 8.52. The van der Waals surface area contributed by atoms with Gasteiger partial charge in [-0.25, -0.2) is 0 Å². The third kappa shape index (κ3) is 5.30. The second-order valence-corrected chi connectivity index (χ2v) is 10.2. The van der Waals surface area contributed by atoms with Gasteiger partial charge in [0.15, 0.2) is 0 Å². The molecule has 2 aromatic carbocycles. The van der Waals surface area contributed by atoms with Crippen molar-refractivity contribution in [3.05, 3.63) is 82.9 Å².